The van der Waals surface area contributed by atoms with Crippen LogP contribution in [0.4, 0.5) is 0 Å². The van der Waals surface area contributed by atoms with Crippen molar-refractivity contribution >= 4 is 0 Å². The minimum absolute atomic E-state index is 0.182. The first-order valence-corrected chi connectivity index (χ1v) is 7.11. The van der Waals surface area contributed by atoms with Crippen molar-refractivity contribution in [3.05, 3.63) is 60.2 Å². The average Bonchev–Trinajstić information content (AvgIpc) is 2.49. The van der Waals surface area contributed by atoms with Gasteiger partial charge in [0, 0.05) is 37.1 Å². The fourth-order valence-corrected chi connectivity index (χ4v) is 2.10. The van der Waals surface area contributed by atoms with Crippen molar-refractivity contribution in [1.29, 1.82) is 0 Å². The van der Waals surface area contributed by atoms with Crippen LogP contribution >= 0.6 is 0 Å². The Morgan fingerprint density at radius 1 is 1.00 bits per heavy atom. The molecule has 1 unspecified atom stereocenters. The molecular formula is C16H22N4. The third-order valence-electron chi connectivity index (χ3n) is 3.16. The van der Waals surface area contributed by atoms with Gasteiger partial charge in [0.15, 0.2) is 0 Å². The summed E-state index contributed by atoms with van der Waals surface area (Å²) in [5.41, 5.74) is 8.26. The van der Waals surface area contributed by atoms with Crippen LogP contribution in [0.1, 0.15) is 24.2 Å². The van der Waals surface area contributed by atoms with E-state index in [0.29, 0.717) is 0 Å². The second kappa shape index (κ2) is 8.40. The zero-order valence-corrected chi connectivity index (χ0v) is 11.7. The summed E-state index contributed by atoms with van der Waals surface area (Å²) in [6, 6.07) is 12.1. The minimum atomic E-state index is 0.182. The van der Waals surface area contributed by atoms with Gasteiger partial charge < -0.3 is 11.1 Å². The van der Waals surface area contributed by atoms with E-state index in [1.165, 1.54) is 0 Å². The number of nitrogens with one attached hydrogen (secondary N) is 1. The maximum Gasteiger partial charge on any atom is 0.0541 e. The van der Waals surface area contributed by atoms with Crippen LogP contribution < -0.4 is 11.1 Å². The predicted octanol–water partition coefficient (Wildman–Crippen LogP) is 1.92. The molecule has 4 heteroatoms. The maximum absolute atomic E-state index is 6.12. The Kier molecular flexibility index (Phi) is 6.14. The second-order valence-electron chi connectivity index (χ2n) is 4.93. The largest absolute Gasteiger partial charge is 0.327 e. The summed E-state index contributed by atoms with van der Waals surface area (Å²) in [6.45, 7) is 1.78. The molecule has 0 aliphatic rings. The summed E-state index contributed by atoms with van der Waals surface area (Å²) in [6.07, 6.45) is 6.56. The summed E-state index contributed by atoms with van der Waals surface area (Å²) in [5.74, 6) is 0. The first kappa shape index (κ1) is 14.6. The quantitative estimate of drug-likeness (QED) is 0.719. The average molecular weight is 270 g/mol. The molecule has 0 aromatic carbocycles. The summed E-state index contributed by atoms with van der Waals surface area (Å²) in [5, 5.41) is 3.39. The van der Waals surface area contributed by atoms with Gasteiger partial charge in [0.05, 0.1) is 5.69 Å². The number of nitrogens with two attached hydrogens (primary N) is 1. The Labute approximate surface area is 120 Å². The van der Waals surface area contributed by atoms with Gasteiger partial charge in [-0.05, 0) is 43.7 Å². The molecule has 0 aliphatic heterocycles. The minimum Gasteiger partial charge on any atom is -0.327 e. The molecule has 0 spiro atoms. The Bertz CT molecular complexity index is 472. The summed E-state index contributed by atoms with van der Waals surface area (Å²) in [7, 11) is 0. The van der Waals surface area contributed by atoms with Crippen molar-refractivity contribution in [2.24, 2.45) is 5.73 Å². The third-order valence-corrected chi connectivity index (χ3v) is 3.16. The highest BCUT2D eigenvalue weighted by Crippen LogP contribution is 2.02. The molecule has 106 valence electrons. The molecule has 0 bridgehead atoms. The first-order chi connectivity index (χ1) is 9.84. The highest BCUT2D eigenvalue weighted by atomic mass is 14.9. The van der Waals surface area contributed by atoms with E-state index in [1.807, 2.05) is 48.8 Å². The third kappa shape index (κ3) is 5.47. The van der Waals surface area contributed by atoms with Gasteiger partial charge in [-0.2, -0.15) is 0 Å². The van der Waals surface area contributed by atoms with E-state index < -0.39 is 0 Å². The number of hydrogen-bond acceptors (Lipinski definition) is 4. The van der Waals surface area contributed by atoms with E-state index in [9.17, 15) is 0 Å². The normalized spacial score (nSPS) is 12.2. The Morgan fingerprint density at radius 3 is 2.35 bits per heavy atom. The van der Waals surface area contributed by atoms with Gasteiger partial charge in [-0.1, -0.05) is 12.1 Å². The van der Waals surface area contributed by atoms with Crippen molar-refractivity contribution in [2.45, 2.75) is 31.8 Å². The van der Waals surface area contributed by atoms with Crippen molar-refractivity contribution in [2.75, 3.05) is 6.54 Å². The van der Waals surface area contributed by atoms with Crippen LogP contribution in [0.15, 0.2) is 48.8 Å². The van der Waals surface area contributed by atoms with Crippen molar-refractivity contribution in [3.63, 3.8) is 0 Å². The van der Waals surface area contributed by atoms with Crippen molar-refractivity contribution < 1.29 is 0 Å². The van der Waals surface area contributed by atoms with E-state index >= 15 is 0 Å². The van der Waals surface area contributed by atoms with Crippen molar-refractivity contribution in [1.82, 2.24) is 15.3 Å². The molecule has 20 heavy (non-hydrogen) atoms. The number of hydrogen-bond donors (Lipinski definition) is 2. The fourth-order valence-electron chi connectivity index (χ4n) is 2.10. The van der Waals surface area contributed by atoms with Crippen LogP contribution in [-0.2, 0) is 13.0 Å². The van der Waals surface area contributed by atoms with Crippen LogP contribution in [0.2, 0.25) is 0 Å². The first-order valence-electron chi connectivity index (χ1n) is 7.11. The zero-order valence-electron chi connectivity index (χ0n) is 11.7. The lowest BCUT2D eigenvalue weighted by molar-refractivity contribution is 0.542. The molecule has 0 aliphatic carbocycles. The molecule has 0 saturated heterocycles. The SMILES string of the molecule is NC(CCCNCc1ccccn1)Cc1ccccn1. The van der Waals surface area contributed by atoms with Crippen LogP contribution in [0.5, 0.6) is 0 Å². The lowest BCUT2D eigenvalue weighted by atomic mass is 10.1. The molecule has 2 rings (SSSR count). The van der Waals surface area contributed by atoms with Gasteiger partial charge in [-0.3, -0.25) is 9.97 Å². The molecule has 4 nitrogen and oxygen atoms in total. The molecule has 3 N–H and O–H groups in total. The lowest BCUT2D eigenvalue weighted by Gasteiger charge is -2.11. The van der Waals surface area contributed by atoms with Gasteiger partial charge in [0.25, 0.3) is 0 Å². The van der Waals surface area contributed by atoms with Crippen LogP contribution in [-0.4, -0.2) is 22.6 Å². The van der Waals surface area contributed by atoms with E-state index in [-0.39, 0.29) is 6.04 Å². The molecule has 2 aromatic heterocycles. The van der Waals surface area contributed by atoms with E-state index in [1.54, 1.807) is 0 Å². The number of aromatic nitrogens is 2. The standard InChI is InChI=1S/C16H22N4/c17-14(12-15-7-1-3-10-19-15)6-5-9-18-13-16-8-2-4-11-20-16/h1-4,7-8,10-11,14,18H,5-6,9,12-13,17H2. The summed E-state index contributed by atoms with van der Waals surface area (Å²) >= 11 is 0. The fraction of sp³-hybridized carbons (Fsp3) is 0.375. The predicted molar refractivity (Wildman–Crippen MR) is 81.1 cm³/mol. The zero-order chi connectivity index (χ0) is 14.0. The molecule has 0 fully saturated rings. The van der Waals surface area contributed by atoms with Gasteiger partial charge in [-0.25, -0.2) is 0 Å². The number of pyridine rings is 2. The molecular weight excluding hydrogens is 248 g/mol. The molecule has 0 radical (unpaired) electrons. The Balaban J connectivity index is 1.57. The van der Waals surface area contributed by atoms with Gasteiger partial charge >= 0.3 is 0 Å². The highest BCUT2D eigenvalue weighted by molar-refractivity contribution is 5.05. The van der Waals surface area contributed by atoms with E-state index in [0.717, 1.165) is 43.7 Å². The number of rotatable bonds is 8. The van der Waals surface area contributed by atoms with Crippen LogP contribution in [0, 0.1) is 0 Å². The molecule has 1 atom stereocenters. The van der Waals surface area contributed by atoms with Crippen molar-refractivity contribution in [3.8, 4) is 0 Å². The second-order valence-corrected chi connectivity index (χ2v) is 4.93. The van der Waals surface area contributed by atoms with Gasteiger partial charge in [0.2, 0.25) is 0 Å². The van der Waals surface area contributed by atoms with E-state index in [4.69, 9.17) is 5.73 Å². The Hall–Kier alpha value is -1.78. The smallest absolute Gasteiger partial charge is 0.0541 e. The van der Waals surface area contributed by atoms with Crippen LogP contribution in [0.25, 0.3) is 0 Å². The molecule has 2 aromatic rings. The molecule has 0 amide bonds. The van der Waals surface area contributed by atoms with Gasteiger partial charge in [0.1, 0.15) is 0 Å². The van der Waals surface area contributed by atoms with E-state index in [2.05, 4.69) is 15.3 Å². The summed E-state index contributed by atoms with van der Waals surface area (Å²) in [4.78, 5) is 8.57. The van der Waals surface area contributed by atoms with Gasteiger partial charge in [-0.15, -0.1) is 0 Å². The summed E-state index contributed by atoms with van der Waals surface area (Å²) < 4.78 is 0. The lowest BCUT2D eigenvalue weighted by Crippen LogP contribution is -2.25. The number of nitrogens with zero attached hydrogens (tertiary/aromatic N) is 2. The maximum atomic E-state index is 6.12. The molecule has 2 heterocycles. The Morgan fingerprint density at radius 2 is 1.70 bits per heavy atom. The highest BCUT2D eigenvalue weighted by Gasteiger charge is 2.04. The monoisotopic (exact) mass is 270 g/mol. The topological polar surface area (TPSA) is 63.8 Å². The molecule has 0 saturated carbocycles. The van der Waals surface area contributed by atoms with Crippen LogP contribution in [0.3, 0.4) is 0 Å².